The molecule has 1 atom stereocenters. The molecule has 1 aliphatic heterocycles. The van der Waals surface area contributed by atoms with Crippen LogP contribution in [0.2, 0.25) is 0 Å². The van der Waals surface area contributed by atoms with Gasteiger partial charge in [-0.3, -0.25) is 4.90 Å². The van der Waals surface area contributed by atoms with Crippen LogP contribution in [0.25, 0.3) is 0 Å². The van der Waals surface area contributed by atoms with Gasteiger partial charge in [0.25, 0.3) is 0 Å². The third kappa shape index (κ3) is 1.53. The Hall–Kier alpha value is -0.940. The Bertz CT molecular complexity index is 438. The molecule has 0 bridgehead atoms. The van der Waals surface area contributed by atoms with E-state index in [0.717, 1.165) is 32.0 Å². The van der Waals surface area contributed by atoms with E-state index >= 15 is 0 Å². The minimum atomic E-state index is 0.143. The van der Waals surface area contributed by atoms with E-state index in [1.54, 1.807) is 0 Å². The number of hydrogen-bond donors (Lipinski definition) is 1. The molecule has 18 heavy (non-hydrogen) atoms. The van der Waals surface area contributed by atoms with Gasteiger partial charge in [-0.1, -0.05) is 20.3 Å². The van der Waals surface area contributed by atoms with Crippen LogP contribution in [0.3, 0.4) is 0 Å². The third-order valence-electron chi connectivity index (χ3n) is 5.23. The van der Waals surface area contributed by atoms with Crippen LogP contribution in [0.5, 0.6) is 0 Å². The lowest BCUT2D eigenvalue weighted by atomic mass is 9.73. The number of nitrogens with two attached hydrogens (primary N) is 1. The number of rotatable bonds is 2. The Kier molecular flexibility index (Phi) is 2.71. The summed E-state index contributed by atoms with van der Waals surface area (Å²) in [5.74, 6) is 1.08. The lowest BCUT2D eigenvalue weighted by Crippen LogP contribution is -2.61. The fraction of sp³-hybridized carbons (Fsp3) is 0.846. The molecule has 0 amide bonds. The van der Waals surface area contributed by atoms with Crippen molar-refractivity contribution in [2.45, 2.75) is 51.7 Å². The fourth-order valence-corrected chi connectivity index (χ4v) is 3.92. The molecule has 0 spiro atoms. The third-order valence-corrected chi connectivity index (χ3v) is 5.23. The van der Waals surface area contributed by atoms with Crippen LogP contribution in [0, 0.1) is 5.41 Å². The zero-order valence-electron chi connectivity index (χ0n) is 11.4. The van der Waals surface area contributed by atoms with Crippen molar-refractivity contribution in [2.75, 3.05) is 13.1 Å². The van der Waals surface area contributed by atoms with E-state index in [9.17, 15) is 0 Å². The average molecular weight is 249 g/mol. The van der Waals surface area contributed by atoms with Gasteiger partial charge in [-0.15, -0.1) is 10.2 Å². The first-order valence-corrected chi connectivity index (χ1v) is 6.91. The Balaban J connectivity index is 1.90. The highest BCUT2D eigenvalue weighted by molar-refractivity contribution is 5.09. The lowest BCUT2D eigenvalue weighted by molar-refractivity contribution is -0.00755. The summed E-state index contributed by atoms with van der Waals surface area (Å²) >= 11 is 0. The molecule has 1 unspecified atom stereocenters. The first-order chi connectivity index (χ1) is 8.59. The predicted molar refractivity (Wildman–Crippen MR) is 69.8 cm³/mol. The molecule has 1 fully saturated rings. The van der Waals surface area contributed by atoms with Crippen molar-refractivity contribution < 1.29 is 0 Å². The van der Waals surface area contributed by atoms with Gasteiger partial charge in [0.1, 0.15) is 12.2 Å². The molecule has 3 rings (SSSR count). The van der Waals surface area contributed by atoms with Crippen molar-refractivity contribution in [1.82, 2.24) is 19.7 Å². The van der Waals surface area contributed by atoms with Crippen molar-refractivity contribution in [1.29, 1.82) is 0 Å². The van der Waals surface area contributed by atoms with Gasteiger partial charge in [0.05, 0.1) is 6.54 Å². The van der Waals surface area contributed by atoms with Crippen molar-refractivity contribution in [3.8, 4) is 0 Å². The smallest absolute Gasteiger partial charge is 0.147 e. The minimum Gasteiger partial charge on any atom is -0.329 e. The van der Waals surface area contributed by atoms with Gasteiger partial charge in [0.2, 0.25) is 0 Å². The SMILES string of the molecule is CC1(C)CCCC1(CN)N1CCn2cnnc2C1. The van der Waals surface area contributed by atoms with Crippen LogP contribution < -0.4 is 5.73 Å². The minimum absolute atomic E-state index is 0.143. The maximum atomic E-state index is 6.19. The number of fused-ring (bicyclic) bond motifs is 1. The van der Waals surface area contributed by atoms with Crippen LogP contribution in [0.15, 0.2) is 6.33 Å². The largest absolute Gasteiger partial charge is 0.329 e. The molecule has 0 saturated heterocycles. The maximum absolute atomic E-state index is 6.19. The molecule has 1 aliphatic carbocycles. The number of nitrogens with zero attached hydrogens (tertiary/aromatic N) is 4. The van der Waals surface area contributed by atoms with Gasteiger partial charge >= 0.3 is 0 Å². The van der Waals surface area contributed by atoms with E-state index in [2.05, 4.69) is 33.5 Å². The van der Waals surface area contributed by atoms with E-state index in [1.807, 2.05) is 6.33 Å². The second kappa shape index (κ2) is 4.03. The van der Waals surface area contributed by atoms with E-state index in [1.165, 1.54) is 19.3 Å². The second-order valence-corrected chi connectivity index (χ2v) is 6.34. The Morgan fingerprint density at radius 3 is 2.83 bits per heavy atom. The van der Waals surface area contributed by atoms with Crippen molar-refractivity contribution in [2.24, 2.45) is 11.1 Å². The Morgan fingerprint density at radius 1 is 1.33 bits per heavy atom. The Labute approximate surface area is 108 Å². The topological polar surface area (TPSA) is 60.0 Å². The van der Waals surface area contributed by atoms with Crippen LogP contribution >= 0.6 is 0 Å². The van der Waals surface area contributed by atoms with E-state index in [-0.39, 0.29) is 5.54 Å². The molecule has 2 N–H and O–H groups in total. The van der Waals surface area contributed by atoms with Crippen LogP contribution in [0.1, 0.15) is 38.9 Å². The standard InChI is InChI=1S/C13H23N5/c1-12(2)4-3-5-13(12,9-14)18-7-6-17-10-15-16-11(17)8-18/h10H,3-9,14H2,1-2H3. The van der Waals surface area contributed by atoms with Gasteiger partial charge in [-0.2, -0.15) is 0 Å². The van der Waals surface area contributed by atoms with Gasteiger partial charge < -0.3 is 10.3 Å². The predicted octanol–water partition coefficient (Wildman–Crippen LogP) is 1.00. The molecule has 1 aromatic rings. The molecule has 0 radical (unpaired) electrons. The Morgan fingerprint density at radius 2 is 2.17 bits per heavy atom. The molecule has 2 heterocycles. The summed E-state index contributed by atoms with van der Waals surface area (Å²) in [6.45, 7) is 8.42. The quantitative estimate of drug-likeness (QED) is 0.849. The monoisotopic (exact) mass is 249 g/mol. The molecule has 2 aliphatic rings. The average Bonchev–Trinajstić information content (AvgIpc) is 2.92. The molecular formula is C13H23N5. The van der Waals surface area contributed by atoms with Crippen LogP contribution in [-0.4, -0.2) is 38.3 Å². The van der Waals surface area contributed by atoms with Gasteiger partial charge in [-0.05, 0) is 18.3 Å². The van der Waals surface area contributed by atoms with Gasteiger partial charge in [0.15, 0.2) is 0 Å². The number of hydrogen-bond acceptors (Lipinski definition) is 4. The molecule has 5 nitrogen and oxygen atoms in total. The van der Waals surface area contributed by atoms with E-state index in [0.29, 0.717) is 5.41 Å². The second-order valence-electron chi connectivity index (χ2n) is 6.34. The van der Waals surface area contributed by atoms with Crippen molar-refractivity contribution >= 4 is 0 Å². The van der Waals surface area contributed by atoms with Crippen LogP contribution in [0.4, 0.5) is 0 Å². The van der Waals surface area contributed by atoms with E-state index < -0.39 is 0 Å². The molecular weight excluding hydrogens is 226 g/mol. The molecule has 1 saturated carbocycles. The summed E-state index contributed by atoms with van der Waals surface area (Å²) in [6, 6.07) is 0. The summed E-state index contributed by atoms with van der Waals surface area (Å²) in [5.41, 5.74) is 6.62. The van der Waals surface area contributed by atoms with Crippen LogP contribution in [-0.2, 0) is 13.1 Å². The zero-order chi connectivity index (χ0) is 12.8. The van der Waals surface area contributed by atoms with Crippen molar-refractivity contribution in [3.63, 3.8) is 0 Å². The molecule has 0 aromatic carbocycles. The highest BCUT2D eigenvalue weighted by atomic mass is 15.3. The normalized spacial score (nSPS) is 31.5. The van der Waals surface area contributed by atoms with Gasteiger partial charge in [0, 0.05) is 25.2 Å². The number of aromatic nitrogens is 3. The first-order valence-electron chi connectivity index (χ1n) is 6.91. The highest BCUT2D eigenvalue weighted by Crippen LogP contribution is 2.49. The summed E-state index contributed by atoms with van der Waals surface area (Å²) in [4.78, 5) is 2.56. The first kappa shape index (κ1) is 12.1. The zero-order valence-corrected chi connectivity index (χ0v) is 11.4. The summed E-state index contributed by atoms with van der Waals surface area (Å²) in [5, 5.41) is 8.23. The van der Waals surface area contributed by atoms with Crippen molar-refractivity contribution in [3.05, 3.63) is 12.2 Å². The summed E-state index contributed by atoms with van der Waals surface area (Å²) in [6.07, 6.45) is 5.60. The summed E-state index contributed by atoms with van der Waals surface area (Å²) < 4.78 is 2.16. The molecule has 5 heteroatoms. The molecule has 100 valence electrons. The highest BCUT2D eigenvalue weighted by Gasteiger charge is 2.52. The summed E-state index contributed by atoms with van der Waals surface area (Å²) in [7, 11) is 0. The molecule has 1 aromatic heterocycles. The lowest BCUT2D eigenvalue weighted by Gasteiger charge is -2.50. The maximum Gasteiger partial charge on any atom is 0.147 e. The van der Waals surface area contributed by atoms with E-state index in [4.69, 9.17) is 5.73 Å². The van der Waals surface area contributed by atoms with Gasteiger partial charge in [-0.25, -0.2) is 0 Å². The fourth-order valence-electron chi connectivity index (χ4n) is 3.92.